The van der Waals surface area contributed by atoms with Gasteiger partial charge in [-0.15, -0.1) is 0 Å². The fourth-order valence-electron chi connectivity index (χ4n) is 0.997. The Kier molecular flexibility index (Phi) is 14.1. The molecule has 1 atom stereocenters. The van der Waals surface area contributed by atoms with Gasteiger partial charge < -0.3 is 10.3 Å². The van der Waals surface area contributed by atoms with Crippen LogP contribution in [-0.4, -0.2) is 18.9 Å². The Bertz CT molecular complexity index is 146. The molecule has 81 valence electrons. The minimum absolute atomic E-state index is 0. The Morgan fingerprint density at radius 1 is 1.21 bits per heavy atom. The summed E-state index contributed by atoms with van der Waals surface area (Å²) in [5, 5.41) is 4.50. The fraction of sp³-hybridized carbons (Fsp3) is 0.909. The van der Waals surface area contributed by atoms with E-state index in [4.69, 9.17) is 0 Å². The van der Waals surface area contributed by atoms with Gasteiger partial charge in [0.05, 0.1) is 0 Å². The quantitative estimate of drug-likeness (QED) is 0.521. The van der Waals surface area contributed by atoms with Crippen LogP contribution in [0.5, 0.6) is 0 Å². The van der Waals surface area contributed by atoms with Crippen LogP contribution >= 0.6 is 0 Å². The van der Waals surface area contributed by atoms with E-state index in [1.807, 2.05) is 0 Å². The predicted octanol–water partition coefficient (Wildman–Crippen LogP) is 3.62. The van der Waals surface area contributed by atoms with E-state index < -0.39 is 0 Å². The van der Waals surface area contributed by atoms with Crippen molar-refractivity contribution in [3.63, 3.8) is 0 Å². The van der Waals surface area contributed by atoms with Crippen LogP contribution in [0, 0.1) is 5.92 Å². The smallest absolute Gasteiger partial charge is 0 e. The first-order valence-corrected chi connectivity index (χ1v) is 5.48. The summed E-state index contributed by atoms with van der Waals surface area (Å²) < 4.78 is 0. The maximum Gasteiger partial charge on any atom is 0 e. The molecule has 0 heterocycles. The molecule has 0 spiro atoms. The number of hydrogen-bond acceptors (Lipinski definition) is 1. The first-order chi connectivity index (χ1) is 6.26. The Morgan fingerprint density at radius 3 is 2.29 bits per heavy atom. The second kappa shape index (κ2) is 11.6. The van der Waals surface area contributed by atoms with Gasteiger partial charge in [0.2, 0.25) is 0 Å². The van der Waals surface area contributed by atoms with E-state index in [9.17, 15) is 0 Å². The van der Waals surface area contributed by atoms with E-state index in [1.54, 1.807) is 0 Å². The van der Waals surface area contributed by atoms with Crippen LogP contribution < -0.4 is 0 Å². The molecule has 0 aliphatic heterocycles. The third-order valence-electron chi connectivity index (χ3n) is 2.05. The van der Waals surface area contributed by atoms with Crippen LogP contribution in [-0.2, 0) is 32.7 Å². The minimum Gasteiger partial charge on any atom is -0.469 e. The summed E-state index contributed by atoms with van der Waals surface area (Å²) in [6.45, 7) is 10.5. The summed E-state index contributed by atoms with van der Waals surface area (Å²) in [5.41, 5.74) is 0. The molecule has 1 unspecified atom stereocenters. The summed E-state index contributed by atoms with van der Waals surface area (Å²) >= 11 is 0. The van der Waals surface area contributed by atoms with Crippen molar-refractivity contribution < 1.29 is 32.7 Å². The van der Waals surface area contributed by atoms with Gasteiger partial charge in [0.15, 0.2) is 0 Å². The Hall–Kier alpha value is 0.574. The number of amidine groups is 1. The zero-order valence-corrected chi connectivity index (χ0v) is 12.9. The zero-order valence-electron chi connectivity index (χ0n) is 10.1. The van der Waals surface area contributed by atoms with Crippen LogP contribution in [0.25, 0.3) is 5.32 Å². The average Bonchev–Trinajstić information content (AvgIpc) is 2.17. The molecule has 0 aromatic carbocycles. The number of nitrogens with zero attached hydrogens (tertiary/aromatic N) is 2. The Balaban J connectivity index is 0. The molecular formula is C11H23N2Y-. The van der Waals surface area contributed by atoms with Crippen molar-refractivity contribution in [2.24, 2.45) is 10.9 Å². The molecule has 0 aromatic rings. The maximum atomic E-state index is 4.50. The molecule has 0 N–H and O–H groups in total. The van der Waals surface area contributed by atoms with E-state index in [-0.39, 0.29) is 32.7 Å². The van der Waals surface area contributed by atoms with Crippen LogP contribution in [0.1, 0.15) is 47.0 Å². The van der Waals surface area contributed by atoms with Crippen molar-refractivity contribution in [1.29, 1.82) is 0 Å². The van der Waals surface area contributed by atoms with Gasteiger partial charge in [-0.1, -0.05) is 65.9 Å². The van der Waals surface area contributed by atoms with Crippen LogP contribution in [0.3, 0.4) is 0 Å². The maximum absolute atomic E-state index is 4.50. The van der Waals surface area contributed by atoms with Gasteiger partial charge in [-0.05, 0) is 5.92 Å². The molecular weight excluding hydrogens is 249 g/mol. The van der Waals surface area contributed by atoms with Crippen molar-refractivity contribution in [3.8, 4) is 0 Å². The average molecular weight is 272 g/mol. The van der Waals surface area contributed by atoms with E-state index in [2.05, 4.69) is 38.0 Å². The molecule has 0 saturated carbocycles. The largest absolute Gasteiger partial charge is 0.469 e. The van der Waals surface area contributed by atoms with Crippen molar-refractivity contribution in [2.45, 2.75) is 47.0 Å². The van der Waals surface area contributed by atoms with Gasteiger partial charge >= 0.3 is 0 Å². The molecule has 3 heteroatoms. The molecule has 0 aliphatic carbocycles. The summed E-state index contributed by atoms with van der Waals surface area (Å²) in [7, 11) is 0. The summed E-state index contributed by atoms with van der Waals surface area (Å²) in [4.78, 5) is 4.50. The van der Waals surface area contributed by atoms with Crippen LogP contribution in [0.4, 0.5) is 0 Å². The molecule has 2 nitrogen and oxygen atoms in total. The van der Waals surface area contributed by atoms with Crippen LogP contribution in [0.15, 0.2) is 4.99 Å². The van der Waals surface area contributed by atoms with Crippen LogP contribution in [0.2, 0.25) is 0 Å². The number of hydrogen-bond donors (Lipinski definition) is 0. The SMILES string of the molecule is CCCN=C([N-]CCC)C(C)CC.[Y]. The van der Waals surface area contributed by atoms with Crippen molar-refractivity contribution in [2.75, 3.05) is 13.1 Å². The van der Waals surface area contributed by atoms with Crippen molar-refractivity contribution >= 4 is 5.84 Å². The number of rotatable bonds is 6. The van der Waals surface area contributed by atoms with Gasteiger partial charge in [0.1, 0.15) is 0 Å². The van der Waals surface area contributed by atoms with Gasteiger partial charge in [-0.25, -0.2) is 0 Å². The van der Waals surface area contributed by atoms with E-state index in [0.717, 1.165) is 38.2 Å². The number of aliphatic imine (C=N–C) groups is 1. The van der Waals surface area contributed by atoms with E-state index >= 15 is 0 Å². The monoisotopic (exact) mass is 272 g/mol. The molecule has 0 rings (SSSR count). The Labute approximate surface area is 114 Å². The molecule has 0 fully saturated rings. The third kappa shape index (κ3) is 7.93. The van der Waals surface area contributed by atoms with Gasteiger partial charge in [-0.2, -0.15) is 0 Å². The first kappa shape index (κ1) is 17.0. The van der Waals surface area contributed by atoms with E-state index in [1.165, 1.54) is 0 Å². The van der Waals surface area contributed by atoms with Gasteiger partial charge in [0, 0.05) is 32.7 Å². The van der Waals surface area contributed by atoms with Gasteiger partial charge in [0.25, 0.3) is 0 Å². The minimum atomic E-state index is 0. The summed E-state index contributed by atoms with van der Waals surface area (Å²) in [6.07, 6.45) is 3.36. The first-order valence-electron chi connectivity index (χ1n) is 5.48. The summed E-state index contributed by atoms with van der Waals surface area (Å²) in [5.74, 6) is 1.60. The second-order valence-corrected chi connectivity index (χ2v) is 3.43. The third-order valence-corrected chi connectivity index (χ3v) is 2.05. The normalized spacial score (nSPS) is 13.3. The molecule has 0 aliphatic rings. The fourth-order valence-corrected chi connectivity index (χ4v) is 0.997. The second-order valence-electron chi connectivity index (χ2n) is 3.43. The standard InChI is InChI=1S/C11H23N2.Y/c1-5-8-12-11(10(4)7-3)13-9-6-2;/h10H,5-9H2,1-4H3;/q-1;. The topological polar surface area (TPSA) is 26.5 Å². The van der Waals surface area contributed by atoms with Crippen molar-refractivity contribution in [1.82, 2.24) is 0 Å². The van der Waals surface area contributed by atoms with Gasteiger partial charge in [-0.3, -0.25) is 0 Å². The molecule has 1 radical (unpaired) electrons. The molecule has 0 aromatic heterocycles. The Morgan fingerprint density at radius 2 is 1.86 bits per heavy atom. The van der Waals surface area contributed by atoms with E-state index in [0.29, 0.717) is 5.92 Å². The predicted molar refractivity (Wildman–Crippen MR) is 60.6 cm³/mol. The molecule has 0 bridgehead atoms. The molecule has 0 amide bonds. The molecule has 14 heavy (non-hydrogen) atoms. The molecule has 0 saturated heterocycles. The zero-order chi connectivity index (χ0) is 10.1. The summed E-state index contributed by atoms with van der Waals surface area (Å²) in [6, 6.07) is 0. The van der Waals surface area contributed by atoms with Crippen molar-refractivity contribution in [3.05, 3.63) is 5.32 Å².